The molecule has 0 N–H and O–H groups in total. The lowest BCUT2D eigenvalue weighted by Crippen LogP contribution is -2.76. The molecule has 4 saturated heterocycles. The van der Waals surface area contributed by atoms with Crippen LogP contribution in [0.15, 0.2) is 24.3 Å². The zero-order valence-corrected chi connectivity index (χ0v) is 15.5. The molecule has 0 unspecified atom stereocenters. The lowest BCUT2D eigenvalue weighted by atomic mass is 9.58. The van der Waals surface area contributed by atoms with E-state index < -0.39 is 0 Å². The summed E-state index contributed by atoms with van der Waals surface area (Å²) in [5, 5.41) is 0. The maximum Gasteiger partial charge on any atom is 0.150 e. The van der Waals surface area contributed by atoms with Gasteiger partial charge in [-0.1, -0.05) is 52.0 Å². The smallest absolute Gasteiger partial charge is 0.150 e. The van der Waals surface area contributed by atoms with Gasteiger partial charge in [0.1, 0.15) is 5.78 Å². The van der Waals surface area contributed by atoms with Crippen molar-refractivity contribution >= 4 is 5.78 Å². The lowest BCUT2D eigenvalue weighted by molar-refractivity contribution is -0.204. The van der Waals surface area contributed by atoms with E-state index in [1.54, 1.807) is 0 Å². The second-order valence-corrected chi connectivity index (χ2v) is 8.60. The standard InChI is InChI=1S/C21H30N2O/c1-5-20-11-22-13-21(6-2,19(20)24)14-23(12-20)18(22)17-9-7-16(8-10-17)15(3)4/h7-10,15,18H,5-6,11-14H2,1-4H3. The first-order chi connectivity index (χ1) is 11.4. The molecule has 0 radical (unpaired) electrons. The average molecular weight is 326 g/mol. The van der Waals surface area contributed by atoms with Crippen LogP contribution < -0.4 is 0 Å². The van der Waals surface area contributed by atoms with E-state index in [4.69, 9.17) is 0 Å². The fourth-order valence-corrected chi connectivity index (χ4v) is 5.44. The minimum Gasteiger partial charge on any atom is -0.298 e. The van der Waals surface area contributed by atoms with Gasteiger partial charge in [0.05, 0.1) is 17.0 Å². The van der Waals surface area contributed by atoms with Gasteiger partial charge in [-0.3, -0.25) is 14.6 Å². The van der Waals surface area contributed by atoms with Crippen LogP contribution >= 0.6 is 0 Å². The highest BCUT2D eigenvalue weighted by molar-refractivity contribution is 5.93. The summed E-state index contributed by atoms with van der Waals surface area (Å²) >= 11 is 0. The third-order valence-electron chi connectivity index (χ3n) is 6.93. The van der Waals surface area contributed by atoms with Gasteiger partial charge in [0.2, 0.25) is 0 Å². The fourth-order valence-electron chi connectivity index (χ4n) is 5.44. The normalized spacial score (nSPS) is 40.5. The first-order valence-corrected chi connectivity index (χ1v) is 9.57. The monoisotopic (exact) mass is 326 g/mol. The topological polar surface area (TPSA) is 23.6 Å². The predicted molar refractivity (Wildman–Crippen MR) is 96.9 cm³/mol. The zero-order chi connectivity index (χ0) is 17.1. The Balaban J connectivity index is 1.69. The minimum absolute atomic E-state index is 0.124. The summed E-state index contributed by atoms with van der Waals surface area (Å²) in [6, 6.07) is 9.18. The molecule has 3 nitrogen and oxygen atoms in total. The Labute approximate surface area is 146 Å². The van der Waals surface area contributed by atoms with Crippen LogP contribution in [0.4, 0.5) is 0 Å². The van der Waals surface area contributed by atoms with Crippen molar-refractivity contribution in [2.75, 3.05) is 26.2 Å². The molecule has 1 aromatic rings. The van der Waals surface area contributed by atoms with E-state index in [2.05, 4.69) is 61.8 Å². The summed E-state index contributed by atoms with van der Waals surface area (Å²) in [6.45, 7) is 12.6. The fraction of sp³-hybridized carbons (Fsp3) is 0.667. The lowest BCUT2D eigenvalue weighted by Gasteiger charge is -2.66. The van der Waals surface area contributed by atoms with E-state index in [0.717, 1.165) is 39.0 Å². The molecule has 0 aliphatic carbocycles. The molecule has 0 amide bonds. The van der Waals surface area contributed by atoms with Crippen LogP contribution in [-0.4, -0.2) is 41.8 Å². The highest BCUT2D eigenvalue weighted by Gasteiger charge is 2.64. The molecule has 0 spiro atoms. The number of piperidine rings is 2. The summed E-state index contributed by atoms with van der Waals surface area (Å²) in [4.78, 5) is 18.4. The average Bonchev–Trinajstić information content (AvgIpc) is 2.58. The second kappa shape index (κ2) is 5.40. The molecule has 130 valence electrons. The summed E-state index contributed by atoms with van der Waals surface area (Å²) in [5.41, 5.74) is 2.54. The first kappa shape index (κ1) is 16.3. The highest BCUT2D eigenvalue weighted by Crippen LogP contribution is 2.54. The third-order valence-corrected chi connectivity index (χ3v) is 6.93. The van der Waals surface area contributed by atoms with Gasteiger partial charge in [0.15, 0.2) is 0 Å². The number of ketones is 1. The number of hydrogen-bond acceptors (Lipinski definition) is 3. The van der Waals surface area contributed by atoms with E-state index >= 15 is 0 Å². The van der Waals surface area contributed by atoms with Crippen molar-refractivity contribution in [3.05, 3.63) is 35.4 Å². The molecular weight excluding hydrogens is 296 g/mol. The highest BCUT2D eigenvalue weighted by atomic mass is 16.1. The SMILES string of the molecule is CCC12CN3CC(CC)(CN(C1)C3c1ccc(C(C)C)cc1)C2=O. The van der Waals surface area contributed by atoms with Crippen LogP contribution in [0.3, 0.4) is 0 Å². The largest absolute Gasteiger partial charge is 0.298 e. The molecule has 4 fully saturated rings. The van der Waals surface area contributed by atoms with Crippen LogP contribution in [0.5, 0.6) is 0 Å². The van der Waals surface area contributed by atoms with Gasteiger partial charge in [0, 0.05) is 26.2 Å². The molecule has 1 aromatic carbocycles. The summed E-state index contributed by atoms with van der Waals surface area (Å²) in [5.74, 6) is 1.13. The third kappa shape index (κ3) is 2.07. The van der Waals surface area contributed by atoms with E-state index in [-0.39, 0.29) is 10.8 Å². The van der Waals surface area contributed by atoms with Gasteiger partial charge in [0.25, 0.3) is 0 Å². The predicted octanol–water partition coefficient (Wildman–Crippen LogP) is 3.82. The van der Waals surface area contributed by atoms with E-state index in [1.165, 1.54) is 11.1 Å². The quantitative estimate of drug-likeness (QED) is 0.840. The van der Waals surface area contributed by atoms with Crippen molar-refractivity contribution < 1.29 is 4.79 Å². The van der Waals surface area contributed by atoms with Crippen LogP contribution in [0, 0.1) is 10.8 Å². The molecule has 24 heavy (non-hydrogen) atoms. The van der Waals surface area contributed by atoms with Crippen molar-refractivity contribution in [2.45, 2.75) is 52.6 Å². The summed E-state index contributed by atoms with van der Waals surface area (Å²) in [6.07, 6.45) is 2.30. The Bertz CT molecular complexity index is 606. The Hall–Kier alpha value is -1.19. The first-order valence-electron chi connectivity index (χ1n) is 9.57. The van der Waals surface area contributed by atoms with Crippen molar-refractivity contribution in [1.82, 2.24) is 9.80 Å². The molecule has 0 aromatic heterocycles. The minimum atomic E-state index is -0.124. The van der Waals surface area contributed by atoms with Crippen LogP contribution in [0.25, 0.3) is 0 Å². The molecule has 4 aliphatic rings. The van der Waals surface area contributed by atoms with Gasteiger partial charge in [-0.15, -0.1) is 0 Å². The molecule has 0 saturated carbocycles. The van der Waals surface area contributed by atoms with Crippen LogP contribution in [0.1, 0.15) is 63.7 Å². The molecule has 4 bridgehead atoms. The number of Topliss-reactive ketones (excluding diaryl/α,β-unsaturated/α-hetero) is 1. The second-order valence-electron chi connectivity index (χ2n) is 8.60. The molecule has 3 heteroatoms. The van der Waals surface area contributed by atoms with Crippen molar-refractivity contribution in [2.24, 2.45) is 10.8 Å². The van der Waals surface area contributed by atoms with Crippen LogP contribution in [0.2, 0.25) is 0 Å². The Morgan fingerprint density at radius 2 is 1.42 bits per heavy atom. The maximum atomic E-state index is 13.2. The van der Waals surface area contributed by atoms with Crippen molar-refractivity contribution in [3.8, 4) is 0 Å². The van der Waals surface area contributed by atoms with E-state index in [0.29, 0.717) is 17.9 Å². The number of carbonyl (C=O) groups is 1. The van der Waals surface area contributed by atoms with E-state index in [1.807, 2.05) is 0 Å². The van der Waals surface area contributed by atoms with E-state index in [9.17, 15) is 4.79 Å². The molecular formula is C21H30N2O. The Morgan fingerprint density at radius 3 is 1.79 bits per heavy atom. The molecule has 0 atom stereocenters. The van der Waals surface area contributed by atoms with Crippen molar-refractivity contribution in [3.63, 3.8) is 0 Å². The number of nitrogens with zero attached hydrogens (tertiary/aromatic N) is 2. The zero-order valence-electron chi connectivity index (χ0n) is 15.5. The van der Waals surface area contributed by atoms with Crippen molar-refractivity contribution in [1.29, 1.82) is 0 Å². The van der Waals surface area contributed by atoms with Gasteiger partial charge in [-0.2, -0.15) is 0 Å². The Kier molecular flexibility index (Phi) is 3.67. The Morgan fingerprint density at radius 1 is 0.958 bits per heavy atom. The number of benzene rings is 1. The molecule has 4 aliphatic heterocycles. The summed E-state index contributed by atoms with van der Waals surface area (Å²) < 4.78 is 0. The van der Waals surface area contributed by atoms with Gasteiger partial charge < -0.3 is 0 Å². The number of rotatable bonds is 4. The molecule has 4 heterocycles. The van der Waals surface area contributed by atoms with Crippen LogP contribution in [-0.2, 0) is 4.79 Å². The van der Waals surface area contributed by atoms with Gasteiger partial charge in [-0.25, -0.2) is 0 Å². The maximum absolute atomic E-state index is 13.2. The number of hydrogen-bond donors (Lipinski definition) is 0. The van der Waals surface area contributed by atoms with Gasteiger partial charge >= 0.3 is 0 Å². The number of carbonyl (C=O) groups excluding carboxylic acids is 1. The molecule has 5 rings (SSSR count). The van der Waals surface area contributed by atoms with Gasteiger partial charge in [-0.05, 0) is 29.9 Å². The summed E-state index contributed by atoms with van der Waals surface area (Å²) in [7, 11) is 0.